The van der Waals surface area contributed by atoms with Gasteiger partial charge in [0.15, 0.2) is 5.82 Å². The van der Waals surface area contributed by atoms with Gasteiger partial charge in [0.25, 0.3) is 0 Å². The van der Waals surface area contributed by atoms with Crippen LogP contribution in [0.5, 0.6) is 0 Å². The van der Waals surface area contributed by atoms with Crippen LogP contribution in [0.4, 0.5) is 0 Å². The fourth-order valence-corrected chi connectivity index (χ4v) is 2.35. The molecule has 0 bridgehead atoms. The zero-order valence-corrected chi connectivity index (χ0v) is 10.6. The Morgan fingerprint density at radius 1 is 1.59 bits per heavy atom. The number of hydrogen-bond donors (Lipinski definition) is 1. The molecule has 2 unspecified atom stereocenters. The largest absolute Gasteiger partial charge is 0.381 e. The Hall–Kier alpha value is -0.940. The molecule has 96 valence electrons. The fourth-order valence-electron chi connectivity index (χ4n) is 2.35. The van der Waals surface area contributed by atoms with Gasteiger partial charge >= 0.3 is 0 Å². The quantitative estimate of drug-likeness (QED) is 0.786. The summed E-state index contributed by atoms with van der Waals surface area (Å²) >= 11 is 0. The van der Waals surface area contributed by atoms with Crippen molar-refractivity contribution in [3.05, 3.63) is 11.7 Å². The molecule has 2 rings (SSSR count). The van der Waals surface area contributed by atoms with Gasteiger partial charge in [0, 0.05) is 19.1 Å². The van der Waals surface area contributed by atoms with E-state index in [0.29, 0.717) is 31.3 Å². The molecule has 1 aliphatic rings. The summed E-state index contributed by atoms with van der Waals surface area (Å²) in [4.78, 5) is 4.45. The normalized spacial score (nSPS) is 28.8. The first-order chi connectivity index (χ1) is 8.16. The number of hydrogen-bond acceptors (Lipinski definition) is 5. The summed E-state index contributed by atoms with van der Waals surface area (Å²) in [6.45, 7) is 5.44. The van der Waals surface area contributed by atoms with Crippen LogP contribution in [0.3, 0.4) is 0 Å². The zero-order valence-electron chi connectivity index (χ0n) is 10.6. The summed E-state index contributed by atoms with van der Waals surface area (Å²) in [5.41, 5.74) is 5.98. The standard InChI is InChI=1S/C12H21N3O2/c1-3-16-8-6-10-14-11(17-15-10)12(2)7-4-5-9(12)13/h9H,3-8,13H2,1-2H3. The van der Waals surface area contributed by atoms with Crippen LogP contribution in [0.2, 0.25) is 0 Å². The van der Waals surface area contributed by atoms with Crippen molar-refractivity contribution in [1.29, 1.82) is 0 Å². The molecule has 0 saturated heterocycles. The third-order valence-corrected chi connectivity index (χ3v) is 3.66. The molecule has 1 fully saturated rings. The molecule has 1 aromatic rings. The Bertz CT molecular complexity index is 366. The maximum absolute atomic E-state index is 6.12. The lowest BCUT2D eigenvalue weighted by molar-refractivity contribution is 0.149. The van der Waals surface area contributed by atoms with Gasteiger partial charge in [0.2, 0.25) is 5.89 Å². The van der Waals surface area contributed by atoms with Crippen molar-refractivity contribution in [2.45, 2.75) is 51.0 Å². The van der Waals surface area contributed by atoms with Crippen LogP contribution in [0.1, 0.15) is 44.8 Å². The first-order valence-corrected chi connectivity index (χ1v) is 6.33. The summed E-state index contributed by atoms with van der Waals surface area (Å²) in [6, 6.07) is 0.127. The highest BCUT2D eigenvalue weighted by Gasteiger charge is 2.42. The monoisotopic (exact) mass is 239 g/mol. The lowest BCUT2D eigenvalue weighted by Crippen LogP contribution is -2.38. The molecular formula is C12H21N3O2. The van der Waals surface area contributed by atoms with E-state index in [1.165, 1.54) is 0 Å². The van der Waals surface area contributed by atoms with Crippen molar-refractivity contribution in [2.75, 3.05) is 13.2 Å². The molecule has 1 saturated carbocycles. The molecule has 2 atom stereocenters. The SMILES string of the molecule is CCOCCc1noc(C2(C)CCCC2N)n1. The highest BCUT2D eigenvalue weighted by molar-refractivity contribution is 5.11. The molecule has 17 heavy (non-hydrogen) atoms. The third kappa shape index (κ3) is 2.50. The average Bonchev–Trinajstić information content (AvgIpc) is 2.89. The Balaban J connectivity index is 2.02. The van der Waals surface area contributed by atoms with Crippen molar-refractivity contribution in [2.24, 2.45) is 5.73 Å². The van der Waals surface area contributed by atoms with Crippen LogP contribution in [0, 0.1) is 0 Å². The molecule has 5 nitrogen and oxygen atoms in total. The van der Waals surface area contributed by atoms with Crippen LogP contribution in [0.25, 0.3) is 0 Å². The molecule has 0 radical (unpaired) electrons. The first kappa shape index (κ1) is 12.5. The van der Waals surface area contributed by atoms with Crippen molar-refractivity contribution in [1.82, 2.24) is 10.1 Å². The van der Waals surface area contributed by atoms with E-state index in [2.05, 4.69) is 17.1 Å². The van der Waals surface area contributed by atoms with E-state index in [9.17, 15) is 0 Å². The summed E-state index contributed by atoms with van der Waals surface area (Å²) in [5, 5.41) is 3.99. The van der Waals surface area contributed by atoms with E-state index in [1.54, 1.807) is 0 Å². The molecule has 5 heteroatoms. The number of aromatic nitrogens is 2. The van der Waals surface area contributed by atoms with Crippen molar-refractivity contribution >= 4 is 0 Å². The van der Waals surface area contributed by atoms with Crippen molar-refractivity contribution in [3.63, 3.8) is 0 Å². The molecule has 0 aliphatic heterocycles. The second-order valence-electron chi connectivity index (χ2n) is 4.88. The first-order valence-electron chi connectivity index (χ1n) is 6.33. The molecule has 0 amide bonds. The molecule has 1 aromatic heterocycles. The van der Waals surface area contributed by atoms with Crippen molar-refractivity contribution < 1.29 is 9.26 Å². The number of nitrogens with zero attached hydrogens (tertiary/aromatic N) is 2. The Labute approximate surface area is 102 Å². The molecule has 0 aromatic carbocycles. The average molecular weight is 239 g/mol. The number of rotatable bonds is 5. The third-order valence-electron chi connectivity index (χ3n) is 3.66. The fraction of sp³-hybridized carbons (Fsp3) is 0.833. The molecular weight excluding hydrogens is 218 g/mol. The summed E-state index contributed by atoms with van der Waals surface area (Å²) < 4.78 is 10.6. The van der Waals surface area contributed by atoms with E-state index in [-0.39, 0.29) is 11.5 Å². The lowest BCUT2D eigenvalue weighted by atomic mass is 9.85. The van der Waals surface area contributed by atoms with Gasteiger partial charge in [0.05, 0.1) is 12.0 Å². The Morgan fingerprint density at radius 3 is 3.06 bits per heavy atom. The second-order valence-corrected chi connectivity index (χ2v) is 4.88. The van der Waals surface area contributed by atoms with E-state index < -0.39 is 0 Å². The van der Waals surface area contributed by atoms with E-state index in [4.69, 9.17) is 15.0 Å². The Kier molecular flexibility index (Phi) is 3.79. The van der Waals surface area contributed by atoms with Gasteiger partial charge < -0.3 is 15.0 Å². The van der Waals surface area contributed by atoms with Crippen LogP contribution in [0.15, 0.2) is 4.52 Å². The van der Waals surface area contributed by atoms with E-state index >= 15 is 0 Å². The molecule has 1 aliphatic carbocycles. The lowest BCUT2D eigenvalue weighted by Gasteiger charge is -2.23. The second kappa shape index (κ2) is 5.14. The number of ether oxygens (including phenoxy) is 1. The maximum atomic E-state index is 6.12. The van der Waals surface area contributed by atoms with Gasteiger partial charge in [-0.05, 0) is 26.7 Å². The van der Waals surface area contributed by atoms with Gasteiger partial charge in [-0.3, -0.25) is 0 Å². The van der Waals surface area contributed by atoms with Crippen molar-refractivity contribution in [3.8, 4) is 0 Å². The zero-order chi connectivity index (χ0) is 12.3. The van der Waals surface area contributed by atoms with Crippen LogP contribution < -0.4 is 5.73 Å². The van der Waals surface area contributed by atoms with Crippen LogP contribution >= 0.6 is 0 Å². The highest BCUT2D eigenvalue weighted by atomic mass is 16.5. The van der Waals surface area contributed by atoms with Crippen LogP contribution in [-0.4, -0.2) is 29.4 Å². The minimum Gasteiger partial charge on any atom is -0.381 e. The smallest absolute Gasteiger partial charge is 0.234 e. The molecule has 1 heterocycles. The molecule has 0 spiro atoms. The van der Waals surface area contributed by atoms with Gasteiger partial charge in [-0.25, -0.2) is 0 Å². The van der Waals surface area contributed by atoms with E-state index in [0.717, 1.165) is 19.3 Å². The van der Waals surface area contributed by atoms with Crippen LogP contribution in [-0.2, 0) is 16.6 Å². The minimum atomic E-state index is -0.142. The summed E-state index contributed by atoms with van der Waals surface area (Å²) in [7, 11) is 0. The topological polar surface area (TPSA) is 74.2 Å². The van der Waals surface area contributed by atoms with Gasteiger partial charge in [-0.2, -0.15) is 4.98 Å². The summed E-state index contributed by atoms with van der Waals surface area (Å²) in [6.07, 6.45) is 3.89. The highest BCUT2D eigenvalue weighted by Crippen LogP contribution is 2.38. The van der Waals surface area contributed by atoms with Gasteiger partial charge in [-0.1, -0.05) is 11.6 Å². The van der Waals surface area contributed by atoms with Gasteiger partial charge in [-0.15, -0.1) is 0 Å². The number of nitrogens with two attached hydrogens (primary N) is 1. The maximum Gasteiger partial charge on any atom is 0.234 e. The Morgan fingerprint density at radius 2 is 2.41 bits per heavy atom. The molecule has 2 N–H and O–H groups in total. The predicted octanol–water partition coefficient (Wildman–Crippen LogP) is 1.42. The summed E-state index contributed by atoms with van der Waals surface area (Å²) in [5.74, 6) is 1.41. The predicted molar refractivity (Wildman–Crippen MR) is 63.7 cm³/mol. The van der Waals surface area contributed by atoms with E-state index in [1.807, 2.05) is 6.92 Å². The van der Waals surface area contributed by atoms with Gasteiger partial charge in [0.1, 0.15) is 0 Å². The minimum absolute atomic E-state index is 0.127.